The van der Waals surface area contributed by atoms with Crippen LogP contribution in [0.5, 0.6) is 0 Å². The third-order valence-corrected chi connectivity index (χ3v) is 1.29. The van der Waals surface area contributed by atoms with Crippen LogP contribution in [0.1, 0.15) is 27.7 Å². The van der Waals surface area contributed by atoms with Gasteiger partial charge in [-0.15, -0.1) is 0 Å². The van der Waals surface area contributed by atoms with Gasteiger partial charge in [0.1, 0.15) is 12.2 Å². The van der Waals surface area contributed by atoms with Gasteiger partial charge in [0.15, 0.2) is 0 Å². The maximum Gasteiger partial charge on any atom is 0.110 e. The van der Waals surface area contributed by atoms with Crippen molar-refractivity contribution in [3.8, 4) is 12.0 Å². The lowest BCUT2D eigenvalue weighted by molar-refractivity contribution is 0.137. The van der Waals surface area contributed by atoms with Crippen molar-refractivity contribution in [3.05, 3.63) is 0 Å². The average Bonchev–Trinajstić information content (AvgIpc) is 1.82. The van der Waals surface area contributed by atoms with E-state index < -0.39 is 0 Å². The molecule has 0 aromatic carbocycles. The zero-order valence-corrected chi connectivity index (χ0v) is 6.56. The summed E-state index contributed by atoms with van der Waals surface area (Å²) in [6.45, 7) is 8.02. The van der Waals surface area contributed by atoms with Crippen molar-refractivity contribution in [1.29, 1.82) is 0 Å². The van der Waals surface area contributed by atoms with Gasteiger partial charge in [0.2, 0.25) is 0 Å². The summed E-state index contributed by atoms with van der Waals surface area (Å²) in [7, 11) is 0. The van der Waals surface area contributed by atoms with Crippen LogP contribution < -0.4 is 0 Å². The molecule has 0 aromatic rings. The Labute approximate surface area is 57.4 Å². The minimum atomic E-state index is 0.248. The molecule has 0 aliphatic rings. The fraction of sp³-hybridized carbons (Fsp3) is 0.750. The van der Waals surface area contributed by atoms with Crippen LogP contribution in [0.15, 0.2) is 0 Å². The molecule has 0 N–H and O–H groups in total. The Hall–Kier alpha value is -0.640. The van der Waals surface area contributed by atoms with Gasteiger partial charge in [0.25, 0.3) is 0 Å². The molecule has 9 heavy (non-hydrogen) atoms. The van der Waals surface area contributed by atoms with Crippen molar-refractivity contribution < 1.29 is 4.74 Å². The molecular weight excluding hydrogens is 112 g/mol. The van der Waals surface area contributed by atoms with Gasteiger partial charge in [-0.3, -0.25) is 0 Å². The topological polar surface area (TPSA) is 9.23 Å². The summed E-state index contributed by atoms with van der Waals surface area (Å²) in [5.74, 6) is 3.23. The largest absolute Gasteiger partial charge is 0.443 e. The highest BCUT2D eigenvalue weighted by Crippen LogP contribution is 2.03. The average molecular weight is 126 g/mol. The first-order valence-electron chi connectivity index (χ1n) is 3.26. The standard InChI is InChI=1S/C8H14O/c1-5-6-9-8(4)7(2)3/h7-8H,1-4H3. The van der Waals surface area contributed by atoms with Crippen molar-refractivity contribution in [3.63, 3.8) is 0 Å². The highest BCUT2D eigenvalue weighted by molar-refractivity contribution is 4.86. The molecule has 1 unspecified atom stereocenters. The lowest BCUT2D eigenvalue weighted by Crippen LogP contribution is -2.11. The molecule has 1 nitrogen and oxygen atoms in total. The summed E-state index contributed by atoms with van der Waals surface area (Å²) >= 11 is 0. The van der Waals surface area contributed by atoms with Crippen molar-refractivity contribution in [2.45, 2.75) is 33.8 Å². The zero-order valence-electron chi connectivity index (χ0n) is 6.56. The Morgan fingerprint density at radius 2 is 1.78 bits per heavy atom. The molecule has 0 saturated carbocycles. The lowest BCUT2D eigenvalue weighted by atomic mass is 10.1. The first-order valence-corrected chi connectivity index (χ1v) is 3.26. The van der Waals surface area contributed by atoms with E-state index in [1.807, 2.05) is 6.92 Å². The van der Waals surface area contributed by atoms with Crippen LogP contribution >= 0.6 is 0 Å². The van der Waals surface area contributed by atoms with Crippen LogP contribution in [0.2, 0.25) is 0 Å². The molecule has 0 aromatic heterocycles. The highest BCUT2D eigenvalue weighted by Gasteiger charge is 2.04. The van der Waals surface area contributed by atoms with E-state index in [4.69, 9.17) is 4.74 Å². The van der Waals surface area contributed by atoms with E-state index in [2.05, 4.69) is 25.9 Å². The van der Waals surface area contributed by atoms with Crippen molar-refractivity contribution in [2.75, 3.05) is 0 Å². The van der Waals surface area contributed by atoms with Crippen LogP contribution in [0.25, 0.3) is 0 Å². The molecule has 0 radical (unpaired) electrons. The molecule has 0 amide bonds. The van der Waals surface area contributed by atoms with Gasteiger partial charge >= 0.3 is 0 Å². The summed E-state index contributed by atoms with van der Waals surface area (Å²) < 4.78 is 5.09. The van der Waals surface area contributed by atoms with Crippen molar-refractivity contribution >= 4 is 0 Å². The van der Waals surface area contributed by atoms with Crippen LogP contribution in [-0.4, -0.2) is 6.10 Å². The van der Waals surface area contributed by atoms with Gasteiger partial charge in [-0.1, -0.05) is 19.8 Å². The maximum atomic E-state index is 5.09. The monoisotopic (exact) mass is 126 g/mol. The van der Waals surface area contributed by atoms with Gasteiger partial charge in [0, 0.05) is 6.92 Å². The molecule has 1 atom stereocenters. The molecule has 52 valence electrons. The quantitative estimate of drug-likeness (QED) is 0.514. The molecule has 0 rings (SSSR count). The summed E-state index contributed by atoms with van der Waals surface area (Å²) in [5.41, 5.74) is 0. The molecular formula is C8H14O. The molecule has 0 bridgehead atoms. The normalized spacial score (nSPS) is 12.1. The fourth-order valence-electron chi connectivity index (χ4n) is 0.288. The minimum Gasteiger partial charge on any atom is -0.443 e. The second kappa shape index (κ2) is 4.26. The van der Waals surface area contributed by atoms with E-state index in [9.17, 15) is 0 Å². The molecule has 0 fully saturated rings. The maximum absolute atomic E-state index is 5.09. The smallest absolute Gasteiger partial charge is 0.110 e. The summed E-state index contributed by atoms with van der Waals surface area (Å²) in [6.07, 6.45) is 2.83. The first kappa shape index (κ1) is 8.36. The van der Waals surface area contributed by atoms with Crippen LogP contribution in [0.3, 0.4) is 0 Å². The Morgan fingerprint density at radius 1 is 1.22 bits per heavy atom. The molecule has 1 heteroatoms. The van der Waals surface area contributed by atoms with E-state index in [0.717, 1.165) is 0 Å². The summed E-state index contributed by atoms with van der Waals surface area (Å²) in [6, 6.07) is 0. The van der Waals surface area contributed by atoms with Crippen LogP contribution in [0, 0.1) is 17.9 Å². The summed E-state index contributed by atoms with van der Waals surface area (Å²) in [4.78, 5) is 0. The van der Waals surface area contributed by atoms with E-state index in [-0.39, 0.29) is 6.10 Å². The molecule has 0 aliphatic carbocycles. The third kappa shape index (κ3) is 3.90. The number of hydrogen-bond donors (Lipinski definition) is 0. The molecule has 0 saturated heterocycles. The Balaban J connectivity index is 3.46. The second-order valence-corrected chi connectivity index (χ2v) is 2.42. The number of ether oxygens (including phenoxy) is 1. The SMILES string of the molecule is CC#COC(C)C(C)C. The van der Waals surface area contributed by atoms with E-state index in [1.165, 1.54) is 0 Å². The highest BCUT2D eigenvalue weighted by atomic mass is 16.5. The number of hydrogen-bond acceptors (Lipinski definition) is 1. The second-order valence-electron chi connectivity index (χ2n) is 2.42. The van der Waals surface area contributed by atoms with Crippen molar-refractivity contribution in [2.24, 2.45) is 5.92 Å². The molecule has 0 heterocycles. The van der Waals surface area contributed by atoms with Crippen molar-refractivity contribution in [1.82, 2.24) is 0 Å². The Morgan fingerprint density at radius 3 is 2.11 bits per heavy atom. The first-order chi connectivity index (χ1) is 4.18. The molecule has 0 spiro atoms. The Bertz CT molecular complexity index is 116. The fourth-order valence-corrected chi connectivity index (χ4v) is 0.288. The predicted molar refractivity (Wildman–Crippen MR) is 38.8 cm³/mol. The van der Waals surface area contributed by atoms with E-state index >= 15 is 0 Å². The minimum absolute atomic E-state index is 0.248. The number of rotatable bonds is 2. The van der Waals surface area contributed by atoms with Gasteiger partial charge in [0.05, 0.1) is 0 Å². The molecule has 0 aliphatic heterocycles. The van der Waals surface area contributed by atoms with Gasteiger partial charge in [-0.2, -0.15) is 0 Å². The predicted octanol–water partition coefficient (Wildman–Crippen LogP) is 2.03. The van der Waals surface area contributed by atoms with Crippen LogP contribution in [0.4, 0.5) is 0 Å². The lowest BCUT2D eigenvalue weighted by Gasteiger charge is -2.11. The Kier molecular flexibility index (Phi) is 3.96. The van der Waals surface area contributed by atoms with Gasteiger partial charge < -0.3 is 4.74 Å². The van der Waals surface area contributed by atoms with E-state index in [1.54, 1.807) is 6.92 Å². The third-order valence-electron chi connectivity index (χ3n) is 1.29. The van der Waals surface area contributed by atoms with Crippen LogP contribution in [-0.2, 0) is 4.74 Å². The zero-order chi connectivity index (χ0) is 7.28. The summed E-state index contributed by atoms with van der Waals surface area (Å²) in [5, 5.41) is 0. The van der Waals surface area contributed by atoms with E-state index in [0.29, 0.717) is 5.92 Å². The van der Waals surface area contributed by atoms with Gasteiger partial charge in [-0.05, 0) is 12.8 Å². The van der Waals surface area contributed by atoms with Gasteiger partial charge in [-0.25, -0.2) is 0 Å².